The average molecular weight is 408 g/mol. The van der Waals surface area contributed by atoms with Crippen LogP contribution in [0, 0.1) is 5.82 Å². The Morgan fingerprint density at radius 1 is 1.20 bits per heavy atom. The molecule has 3 aromatic rings. The summed E-state index contributed by atoms with van der Waals surface area (Å²) >= 11 is 0. The number of nitrogens with zero attached hydrogens (tertiary/aromatic N) is 1. The molecule has 4 rings (SSSR count). The molecular formula is C24H25FN2O3. The van der Waals surface area contributed by atoms with Gasteiger partial charge >= 0.3 is 0 Å². The van der Waals surface area contributed by atoms with Crippen molar-refractivity contribution in [2.45, 2.75) is 45.2 Å². The molecule has 1 N–H and O–H groups in total. The normalized spacial score (nSPS) is 13.6. The lowest BCUT2D eigenvalue weighted by Crippen LogP contribution is -2.30. The van der Waals surface area contributed by atoms with Gasteiger partial charge in [-0.3, -0.25) is 9.59 Å². The van der Waals surface area contributed by atoms with Crippen LogP contribution in [-0.4, -0.2) is 23.1 Å². The lowest BCUT2D eigenvalue weighted by molar-refractivity contribution is -0.123. The zero-order valence-corrected chi connectivity index (χ0v) is 17.2. The fourth-order valence-electron chi connectivity index (χ4n) is 3.58. The van der Waals surface area contributed by atoms with E-state index in [1.165, 1.54) is 12.1 Å². The highest BCUT2D eigenvalue weighted by molar-refractivity contribution is 5.85. The molecular weight excluding hydrogens is 383 g/mol. The van der Waals surface area contributed by atoms with E-state index >= 15 is 0 Å². The van der Waals surface area contributed by atoms with Gasteiger partial charge in [-0.2, -0.15) is 0 Å². The van der Waals surface area contributed by atoms with Crippen molar-refractivity contribution in [3.8, 4) is 5.75 Å². The van der Waals surface area contributed by atoms with E-state index in [9.17, 15) is 14.0 Å². The Kier molecular flexibility index (Phi) is 5.57. The Bertz CT molecular complexity index is 1150. The molecule has 1 amide bonds. The zero-order valence-electron chi connectivity index (χ0n) is 17.2. The molecule has 2 aromatic carbocycles. The second-order valence-electron chi connectivity index (χ2n) is 8.12. The van der Waals surface area contributed by atoms with E-state index in [0.717, 1.165) is 23.8 Å². The maximum absolute atomic E-state index is 13.6. The van der Waals surface area contributed by atoms with Crippen LogP contribution < -0.4 is 15.6 Å². The molecule has 1 heterocycles. The zero-order chi connectivity index (χ0) is 21.3. The molecule has 1 aromatic heterocycles. The number of benzene rings is 2. The van der Waals surface area contributed by atoms with Crippen LogP contribution in [0.3, 0.4) is 0 Å². The van der Waals surface area contributed by atoms with Crippen LogP contribution in [0.2, 0.25) is 0 Å². The Balaban J connectivity index is 1.70. The van der Waals surface area contributed by atoms with Crippen molar-refractivity contribution < 1.29 is 13.9 Å². The quantitative estimate of drug-likeness (QED) is 0.644. The molecule has 0 aliphatic heterocycles. The first-order chi connectivity index (χ1) is 14.4. The highest BCUT2D eigenvalue weighted by atomic mass is 19.1. The maximum Gasteiger partial charge on any atom is 0.258 e. The van der Waals surface area contributed by atoms with Crippen molar-refractivity contribution in [2.75, 3.05) is 6.61 Å². The fraction of sp³-hybridized carbons (Fsp3) is 0.333. The third-order valence-corrected chi connectivity index (χ3v) is 5.28. The summed E-state index contributed by atoms with van der Waals surface area (Å²) < 4.78 is 20.9. The van der Waals surface area contributed by atoms with Gasteiger partial charge in [-0.15, -0.1) is 0 Å². The van der Waals surface area contributed by atoms with Gasteiger partial charge in [0.15, 0.2) is 6.61 Å². The first-order valence-electron chi connectivity index (χ1n) is 10.2. The van der Waals surface area contributed by atoms with Crippen LogP contribution in [0.5, 0.6) is 5.75 Å². The molecule has 5 nitrogen and oxygen atoms in total. The van der Waals surface area contributed by atoms with Gasteiger partial charge in [0.05, 0.1) is 12.1 Å². The summed E-state index contributed by atoms with van der Waals surface area (Å²) in [6.45, 7) is 4.26. The minimum Gasteiger partial charge on any atom is -0.484 e. The number of aromatic nitrogens is 1. The number of hydrogen-bond donors (Lipinski definition) is 1. The van der Waals surface area contributed by atoms with Crippen LogP contribution in [-0.2, 0) is 11.3 Å². The Labute approximate surface area is 174 Å². The second-order valence-corrected chi connectivity index (χ2v) is 8.12. The number of pyridine rings is 1. The summed E-state index contributed by atoms with van der Waals surface area (Å²) in [4.78, 5) is 24.9. The van der Waals surface area contributed by atoms with Gasteiger partial charge in [0, 0.05) is 23.6 Å². The van der Waals surface area contributed by atoms with Crippen LogP contribution in [0.1, 0.15) is 43.7 Å². The molecule has 6 heteroatoms. The van der Waals surface area contributed by atoms with E-state index in [1.54, 1.807) is 28.8 Å². The van der Waals surface area contributed by atoms with E-state index < -0.39 is 0 Å². The molecule has 1 aliphatic rings. The summed E-state index contributed by atoms with van der Waals surface area (Å²) in [7, 11) is 0. The molecule has 1 fully saturated rings. The number of carbonyl (C=O) groups excluding carboxylic acids is 1. The van der Waals surface area contributed by atoms with Gasteiger partial charge in [-0.25, -0.2) is 4.39 Å². The number of ether oxygens (including phenoxy) is 1. The fourth-order valence-corrected chi connectivity index (χ4v) is 3.58. The predicted octanol–water partition coefficient (Wildman–Crippen LogP) is 3.97. The lowest BCUT2D eigenvalue weighted by atomic mass is 9.98. The third kappa shape index (κ3) is 4.53. The maximum atomic E-state index is 13.6. The van der Waals surface area contributed by atoms with Gasteiger partial charge in [0.25, 0.3) is 11.5 Å². The molecule has 0 radical (unpaired) electrons. The number of amides is 1. The van der Waals surface area contributed by atoms with Crippen molar-refractivity contribution in [3.05, 3.63) is 75.8 Å². The smallest absolute Gasteiger partial charge is 0.258 e. The number of hydrogen-bond acceptors (Lipinski definition) is 3. The van der Waals surface area contributed by atoms with E-state index in [4.69, 9.17) is 4.74 Å². The summed E-state index contributed by atoms with van der Waals surface area (Å²) in [5.74, 6) is 0.196. The van der Waals surface area contributed by atoms with E-state index in [0.29, 0.717) is 16.8 Å². The molecule has 1 saturated carbocycles. The summed E-state index contributed by atoms with van der Waals surface area (Å²) in [5.41, 5.74) is 2.20. The second kappa shape index (κ2) is 8.30. The Morgan fingerprint density at radius 3 is 2.70 bits per heavy atom. The number of halogens is 1. The predicted molar refractivity (Wildman–Crippen MR) is 114 cm³/mol. The largest absolute Gasteiger partial charge is 0.484 e. The van der Waals surface area contributed by atoms with Crippen LogP contribution in [0.25, 0.3) is 10.9 Å². The van der Waals surface area contributed by atoms with Gasteiger partial charge < -0.3 is 14.6 Å². The van der Waals surface area contributed by atoms with Gasteiger partial charge in [-0.05, 0) is 54.2 Å². The number of carbonyl (C=O) groups is 1. The highest BCUT2D eigenvalue weighted by Gasteiger charge is 2.23. The minimum atomic E-state index is -0.339. The van der Waals surface area contributed by atoms with Gasteiger partial charge in [-0.1, -0.05) is 26.0 Å². The summed E-state index contributed by atoms with van der Waals surface area (Å²) in [5, 5.41) is 3.83. The molecule has 156 valence electrons. The van der Waals surface area contributed by atoms with Crippen molar-refractivity contribution in [2.24, 2.45) is 0 Å². The SMILES string of the molecule is CC(C)c1cc(=O)n(Cc2cccc(F)c2)c2cc(OCC(=O)NC3CC3)ccc12. The molecule has 0 saturated heterocycles. The van der Waals surface area contributed by atoms with Crippen LogP contribution in [0.4, 0.5) is 4.39 Å². The standard InChI is InChI=1S/C24H25FN2O3/c1-15(2)21-12-24(29)27(13-16-4-3-5-17(25)10-16)22-11-19(8-9-20(21)22)30-14-23(28)26-18-6-7-18/h3-5,8-12,15,18H,6-7,13-14H2,1-2H3,(H,26,28). The molecule has 0 spiro atoms. The molecule has 0 unspecified atom stereocenters. The van der Waals surface area contributed by atoms with Crippen LogP contribution in [0.15, 0.2) is 53.3 Å². The van der Waals surface area contributed by atoms with E-state index in [2.05, 4.69) is 5.32 Å². The minimum absolute atomic E-state index is 0.0694. The monoisotopic (exact) mass is 408 g/mol. The summed E-state index contributed by atoms with van der Waals surface area (Å²) in [6.07, 6.45) is 2.04. The highest BCUT2D eigenvalue weighted by Crippen LogP contribution is 2.28. The topological polar surface area (TPSA) is 60.3 Å². The van der Waals surface area contributed by atoms with Crippen LogP contribution >= 0.6 is 0 Å². The van der Waals surface area contributed by atoms with Gasteiger partial charge in [0.2, 0.25) is 0 Å². The summed E-state index contributed by atoms with van der Waals surface area (Å²) in [6, 6.07) is 13.7. The molecule has 30 heavy (non-hydrogen) atoms. The van der Waals surface area contributed by atoms with Crippen molar-refractivity contribution >= 4 is 16.8 Å². The number of nitrogens with one attached hydrogen (secondary N) is 1. The number of fused-ring (bicyclic) bond motifs is 1. The van der Waals surface area contributed by atoms with Crippen molar-refractivity contribution in [3.63, 3.8) is 0 Å². The van der Waals surface area contributed by atoms with E-state index in [-0.39, 0.29) is 42.4 Å². The Morgan fingerprint density at radius 2 is 2.00 bits per heavy atom. The van der Waals surface area contributed by atoms with Crippen molar-refractivity contribution in [1.82, 2.24) is 9.88 Å². The third-order valence-electron chi connectivity index (χ3n) is 5.28. The number of rotatable bonds is 7. The molecule has 1 aliphatic carbocycles. The van der Waals surface area contributed by atoms with Crippen molar-refractivity contribution in [1.29, 1.82) is 0 Å². The average Bonchev–Trinajstić information content (AvgIpc) is 3.52. The Hall–Kier alpha value is -3.15. The van der Waals surface area contributed by atoms with Gasteiger partial charge in [0.1, 0.15) is 11.6 Å². The first-order valence-corrected chi connectivity index (χ1v) is 10.2. The van der Waals surface area contributed by atoms with E-state index in [1.807, 2.05) is 26.0 Å². The lowest BCUT2D eigenvalue weighted by Gasteiger charge is -2.17. The molecule has 0 atom stereocenters. The first kappa shape index (κ1) is 20.1. The molecule has 0 bridgehead atoms.